The summed E-state index contributed by atoms with van der Waals surface area (Å²) >= 11 is 7.83. The van der Waals surface area contributed by atoms with E-state index in [1.807, 2.05) is 24.0 Å². The molecule has 1 amide bonds. The second kappa shape index (κ2) is 5.19. The fourth-order valence-electron chi connectivity index (χ4n) is 1.99. The third kappa shape index (κ3) is 2.58. The first-order chi connectivity index (χ1) is 7.68. The summed E-state index contributed by atoms with van der Waals surface area (Å²) in [4.78, 5) is 16.2. The lowest BCUT2D eigenvalue weighted by Crippen LogP contribution is -2.37. The molecule has 0 aromatic carbocycles. The number of hydrogen-bond donors (Lipinski definition) is 0. The van der Waals surface area contributed by atoms with E-state index in [9.17, 15) is 4.79 Å². The number of halogens is 1. The highest BCUT2D eigenvalue weighted by Gasteiger charge is 2.25. The van der Waals surface area contributed by atoms with Gasteiger partial charge in [0.25, 0.3) is 0 Å². The Hall–Kier alpha value is -0.540. The minimum absolute atomic E-state index is 0.0724. The Labute approximate surface area is 105 Å². The Morgan fingerprint density at radius 1 is 1.38 bits per heavy atom. The lowest BCUT2D eigenvalue weighted by atomic mass is 10.1. The molecule has 0 N–H and O–H groups in total. The van der Waals surface area contributed by atoms with Crippen LogP contribution in [0.4, 0.5) is 0 Å². The minimum Gasteiger partial charge on any atom is -0.341 e. The zero-order valence-corrected chi connectivity index (χ0v) is 11.0. The number of amides is 1. The molecule has 2 nitrogen and oxygen atoms in total. The maximum atomic E-state index is 12.1. The fraction of sp³-hybridized carbons (Fsp3) is 0.583. The molecular weight excluding hydrogens is 242 g/mol. The highest BCUT2D eigenvalue weighted by Crippen LogP contribution is 2.30. The second-order valence-corrected chi connectivity index (χ2v) is 5.95. The number of thiophene rings is 1. The summed E-state index contributed by atoms with van der Waals surface area (Å²) in [6.45, 7) is 3.77. The van der Waals surface area contributed by atoms with Gasteiger partial charge in [-0.15, -0.1) is 22.9 Å². The van der Waals surface area contributed by atoms with Gasteiger partial charge in [0.1, 0.15) is 5.38 Å². The van der Waals surface area contributed by atoms with E-state index in [-0.39, 0.29) is 5.91 Å². The van der Waals surface area contributed by atoms with Crippen molar-refractivity contribution in [2.75, 3.05) is 13.1 Å². The average molecular weight is 258 g/mol. The molecular formula is C12H16ClNOS. The molecule has 16 heavy (non-hydrogen) atoms. The molecule has 1 atom stereocenters. The summed E-state index contributed by atoms with van der Waals surface area (Å²) in [6, 6.07) is 3.97. The molecule has 4 heteroatoms. The van der Waals surface area contributed by atoms with Crippen LogP contribution in [0.5, 0.6) is 0 Å². The van der Waals surface area contributed by atoms with E-state index >= 15 is 0 Å². The van der Waals surface area contributed by atoms with Gasteiger partial charge in [-0.05, 0) is 38.3 Å². The highest BCUT2D eigenvalue weighted by molar-refractivity contribution is 7.12. The largest absolute Gasteiger partial charge is 0.341 e. The van der Waals surface area contributed by atoms with Crippen LogP contribution in [0.25, 0.3) is 0 Å². The van der Waals surface area contributed by atoms with Crippen molar-refractivity contribution in [3.63, 3.8) is 0 Å². The van der Waals surface area contributed by atoms with Crippen LogP contribution in [0.15, 0.2) is 12.1 Å². The molecule has 0 spiro atoms. The van der Waals surface area contributed by atoms with Crippen LogP contribution in [0.3, 0.4) is 0 Å². The third-order valence-corrected chi connectivity index (χ3v) is 4.51. The Morgan fingerprint density at radius 3 is 2.62 bits per heavy atom. The molecule has 1 aromatic heterocycles. The van der Waals surface area contributed by atoms with Gasteiger partial charge in [0.15, 0.2) is 0 Å². The Balaban J connectivity index is 2.03. The molecule has 1 aliphatic heterocycles. The molecule has 1 aromatic rings. The van der Waals surface area contributed by atoms with Gasteiger partial charge < -0.3 is 4.90 Å². The Kier molecular flexibility index (Phi) is 3.87. The average Bonchev–Trinajstić information content (AvgIpc) is 2.75. The first-order valence-corrected chi connectivity index (χ1v) is 6.93. The van der Waals surface area contributed by atoms with Crippen molar-refractivity contribution >= 4 is 28.8 Å². The predicted molar refractivity (Wildman–Crippen MR) is 68.1 cm³/mol. The van der Waals surface area contributed by atoms with Crippen molar-refractivity contribution in [2.45, 2.75) is 31.6 Å². The van der Waals surface area contributed by atoms with Gasteiger partial charge in [-0.1, -0.05) is 0 Å². The van der Waals surface area contributed by atoms with Crippen LogP contribution in [0.2, 0.25) is 0 Å². The molecule has 2 heterocycles. The van der Waals surface area contributed by atoms with Crippen LogP contribution in [0.1, 0.15) is 34.4 Å². The van der Waals surface area contributed by atoms with Gasteiger partial charge >= 0.3 is 0 Å². The number of carbonyl (C=O) groups is 1. The first kappa shape index (κ1) is 11.9. The van der Waals surface area contributed by atoms with Gasteiger partial charge in [-0.3, -0.25) is 4.79 Å². The molecule has 88 valence electrons. The van der Waals surface area contributed by atoms with Crippen molar-refractivity contribution in [1.82, 2.24) is 4.90 Å². The zero-order valence-electron chi connectivity index (χ0n) is 9.41. The van der Waals surface area contributed by atoms with E-state index in [1.165, 1.54) is 11.3 Å². The highest BCUT2D eigenvalue weighted by atomic mass is 35.5. The maximum absolute atomic E-state index is 12.1. The van der Waals surface area contributed by atoms with Gasteiger partial charge in [0, 0.05) is 22.8 Å². The molecule has 0 aliphatic carbocycles. The van der Waals surface area contributed by atoms with E-state index in [1.54, 1.807) is 11.3 Å². The molecule has 0 radical (unpaired) electrons. The lowest BCUT2D eigenvalue weighted by molar-refractivity contribution is -0.131. The monoisotopic (exact) mass is 257 g/mol. The van der Waals surface area contributed by atoms with Crippen LogP contribution in [-0.2, 0) is 4.79 Å². The number of alkyl halides is 1. The molecule has 0 saturated carbocycles. The smallest absolute Gasteiger partial charge is 0.246 e. The summed E-state index contributed by atoms with van der Waals surface area (Å²) in [6.07, 6.45) is 3.45. The molecule has 1 unspecified atom stereocenters. The summed E-state index contributed by atoms with van der Waals surface area (Å²) in [5.41, 5.74) is 0. The van der Waals surface area contributed by atoms with Crippen molar-refractivity contribution < 1.29 is 4.79 Å². The van der Waals surface area contributed by atoms with Crippen molar-refractivity contribution in [3.8, 4) is 0 Å². The van der Waals surface area contributed by atoms with Crippen LogP contribution in [0, 0.1) is 6.92 Å². The molecule has 1 saturated heterocycles. The molecule has 0 bridgehead atoms. The first-order valence-electron chi connectivity index (χ1n) is 5.67. The summed E-state index contributed by atoms with van der Waals surface area (Å²) < 4.78 is 0. The van der Waals surface area contributed by atoms with Crippen molar-refractivity contribution in [3.05, 3.63) is 21.9 Å². The second-order valence-electron chi connectivity index (χ2n) is 4.20. The van der Waals surface area contributed by atoms with E-state index in [0.29, 0.717) is 0 Å². The van der Waals surface area contributed by atoms with Gasteiger partial charge in [-0.25, -0.2) is 0 Å². The van der Waals surface area contributed by atoms with Gasteiger partial charge in [-0.2, -0.15) is 0 Å². The third-order valence-electron chi connectivity index (χ3n) is 2.90. The van der Waals surface area contributed by atoms with E-state index < -0.39 is 5.38 Å². The molecule has 1 fully saturated rings. The summed E-state index contributed by atoms with van der Waals surface area (Å²) in [7, 11) is 0. The predicted octanol–water partition coefficient (Wildman–Crippen LogP) is 3.35. The van der Waals surface area contributed by atoms with E-state index in [4.69, 9.17) is 11.6 Å². The SMILES string of the molecule is Cc1ccc(C(Cl)C(=O)N2CCCCC2)s1. The van der Waals surface area contributed by atoms with Crippen LogP contribution < -0.4 is 0 Å². The van der Waals surface area contributed by atoms with Gasteiger partial charge in [0.05, 0.1) is 0 Å². The van der Waals surface area contributed by atoms with E-state index in [0.717, 1.165) is 30.8 Å². The summed E-state index contributed by atoms with van der Waals surface area (Å²) in [5, 5.41) is -0.489. The number of hydrogen-bond acceptors (Lipinski definition) is 2. The zero-order chi connectivity index (χ0) is 11.5. The standard InChI is InChI=1S/C12H16ClNOS/c1-9-5-6-10(16-9)11(13)12(15)14-7-3-2-4-8-14/h5-6,11H,2-4,7-8H2,1H3. The van der Waals surface area contributed by atoms with Gasteiger partial charge in [0.2, 0.25) is 5.91 Å². The molecule has 1 aliphatic rings. The van der Waals surface area contributed by atoms with Crippen molar-refractivity contribution in [1.29, 1.82) is 0 Å². The number of carbonyl (C=O) groups excluding carboxylic acids is 1. The quantitative estimate of drug-likeness (QED) is 0.744. The van der Waals surface area contributed by atoms with E-state index in [2.05, 4.69) is 0 Å². The maximum Gasteiger partial charge on any atom is 0.246 e. The van der Waals surface area contributed by atoms with Crippen LogP contribution in [-0.4, -0.2) is 23.9 Å². The number of rotatable bonds is 2. The number of aryl methyl sites for hydroxylation is 1. The normalized spacial score (nSPS) is 18.5. The lowest BCUT2D eigenvalue weighted by Gasteiger charge is -2.28. The van der Waals surface area contributed by atoms with Crippen molar-refractivity contribution in [2.24, 2.45) is 0 Å². The summed E-state index contributed by atoms with van der Waals surface area (Å²) in [5.74, 6) is 0.0724. The Morgan fingerprint density at radius 2 is 2.06 bits per heavy atom. The topological polar surface area (TPSA) is 20.3 Å². The Bertz CT molecular complexity index is 371. The number of piperidine rings is 1. The van der Waals surface area contributed by atoms with Crippen LogP contribution >= 0.6 is 22.9 Å². The minimum atomic E-state index is -0.489. The number of likely N-dealkylation sites (tertiary alicyclic amines) is 1. The fourth-order valence-corrected chi connectivity index (χ4v) is 3.18. The number of nitrogens with zero attached hydrogens (tertiary/aromatic N) is 1. The molecule has 2 rings (SSSR count).